The Morgan fingerprint density at radius 1 is 1.33 bits per heavy atom. The van der Waals surface area contributed by atoms with Crippen LogP contribution in [0.2, 0.25) is 0 Å². The Bertz CT molecular complexity index is 429. The van der Waals surface area contributed by atoms with Crippen LogP contribution >= 0.6 is 0 Å². The Morgan fingerprint density at radius 3 is 2.39 bits per heavy atom. The Morgan fingerprint density at radius 2 is 1.94 bits per heavy atom. The van der Waals surface area contributed by atoms with Gasteiger partial charge in [0.05, 0.1) is 12.7 Å². The van der Waals surface area contributed by atoms with E-state index in [0.29, 0.717) is 18.1 Å². The molecule has 0 spiro atoms. The molecule has 1 aromatic carbocycles. The highest BCUT2D eigenvalue weighted by Crippen LogP contribution is 2.18. The maximum Gasteiger partial charge on any atom is 0.327 e. The molecule has 1 unspecified atom stereocenters. The lowest BCUT2D eigenvalue weighted by Crippen LogP contribution is -2.14. The third-order valence-electron chi connectivity index (χ3n) is 2.61. The summed E-state index contributed by atoms with van der Waals surface area (Å²) in [5, 5.41) is 9.04. The predicted molar refractivity (Wildman–Crippen MR) is 70.0 cm³/mol. The van der Waals surface area contributed by atoms with E-state index in [2.05, 4.69) is 13.8 Å². The smallest absolute Gasteiger partial charge is 0.327 e. The van der Waals surface area contributed by atoms with Crippen LogP contribution in [-0.2, 0) is 16.0 Å². The summed E-state index contributed by atoms with van der Waals surface area (Å²) in [6.45, 7) is 6.34. The number of hydrogen-bond acceptors (Lipinski definition) is 3. The van der Waals surface area contributed by atoms with Gasteiger partial charge in [0.25, 0.3) is 0 Å². The molecule has 0 bridgehead atoms. The van der Waals surface area contributed by atoms with Crippen LogP contribution in [0.4, 0.5) is 0 Å². The van der Waals surface area contributed by atoms with Gasteiger partial charge in [0.1, 0.15) is 0 Å². The van der Waals surface area contributed by atoms with E-state index in [1.807, 2.05) is 30.3 Å². The van der Waals surface area contributed by atoms with Gasteiger partial charge in [-0.2, -0.15) is 5.26 Å². The molecule has 1 aromatic rings. The molecule has 0 aliphatic rings. The van der Waals surface area contributed by atoms with E-state index in [4.69, 9.17) is 10.00 Å². The first kappa shape index (κ1) is 14.2. The van der Waals surface area contributed by atoms with Crippen molar-refractivity contribution in [2.75, 3.05) is 6.61 Å². The zero-order chi connectivity index (χ0) is 13.5. The highest BCUT2D eigenvalue weighted by Gasteiger charge is 2.21. The average molecular weight is 245 g/mol. The Hall–Kier alpha value is -1.82. The van der Waals surface area contributed by atoms with E-state index in [1.54, 1.807) is 6.92 Å². The molecule has 3 nitrogen and oxygen atoms in total. The number of nitriles is 1. The summed E-state index contributed by atoms with van der Waals surface area (Å²) in [5.74, 6) is -0.706. The van der Waals surface area contributed by atoms with Crippen LogP contribution < -0.4 is 0 Å². The number of hydrogen-bond donors (Lipinski definition) is 0. The minimum atomic E-state index is -0.821. The van der Waals surface area contributed by atoms with Gasteiger partial charge in [-0.3, -0.25) is 4.79 Å². The first-order chi connectivity index (χ1) is 8.58. The Balaban J connectivity index is 2.82. The maximum absolute atomic E-state index is 11.6. The molecule has 0 saturated heterocycles. The van der Waals surface area contributed by atoms with Crippen LogP contribution in [0.5, 0.6) is 0 Å². The Kier molecular flexibility index (Phi) is 5.38. The molecule has 3 heteroatoms. The fourth-order valence-corrected chi connectivity index (χ4v) is 1.81. The molecule has 96 valence electrons. The van der Waals surface area contributed by atoms with Crippen LogP contribution in [0.25, 0.3) is 0 Å². The molecule has 1 rings (SSSR count). The quantitative estimate of drug-likeness (QED) is 0.749. The van der Waals surface area contributed by atoms with Crippen molar-refractivity contribution >= 4 is 5.97 Å². The van der Waals surface area contributed by atoms with E-state index >= 15 is 0 Å². The second-order valence-electron chi connectivity index (χ2n) is 4.65. The van der Waals surface area contributed by atoms with Crippen LogP contribution in [0.3, 0.4) is 0 Å². The molecule has 0 aliphatic heterocycles. The van der Waals surface area contributed by atoms with Crippen LogP contribution in [0.15, 0.2) is 24.3 Å². The third kappa shape index (κ3) is 3.89. The molecule has 0 aromatic heterocycles. The van der Waals surface area contributed by atoms with Crippen molar-refractivity contribution in [3.63, 3.8) is 0 Å². The van der Waals surface area contributed by atoms with Crippen LogP contribution in [0.1, 0.15) is 37.8 Å². The molecular weight excluding hydrogens is 226 g/mol. The first-order valence-corrected chi connectivity index (χ1v) is 6.23. The van der Waals surface area contributed by atoms with Crippen LogP contribution in [-0.4, -0.2) is 12.6 Å². The molecular formula is C15H19NO2. The fourth-order valence-electron chi connectivity index (χ4n) is 1.81. The fraction of sp³-hybridized carbons (Fsp3) is 0.467. The monoisotopic (exact) mass is 245 g/mol. The van der Waals surface area contributed by atoms with Gasteiger partial charge >= 0.3 is 5.97 Å². The third-order valence-corrected chi connectivity index (χ3v) is 2.61. The number of esters is 1. The summed E-state index contributed by atoms with van der Waals surface area (Å²) in [5.41, 5.74) is 1.91. The van der Waals surface area contributed by atoms with Crippen molar-refractivity contribution in [2.45, 2.75) is 33.1 Å². The number of carbonyl (C=O) groups excluding carboxylic acids is 1. The highest BCUT2D eigenvalue weighted by molar-refractivity contribution is 5.81. The lowest BCUT2D eigenvalue weighted by Gasteiger charge is -2.10. The summed E-state index contributed by atoms with van der Waals surface area (Å²) in [6.07, 6.45) is 0.997. The van der Waals surface area contributed by atoms with E-state index < -0.39 is 11.9 Å². The van der Waals surface area contributed by atoms with Gasteiger partial charge in [0, 0.05) is 0 Å². The normalized spacial score (nSPS) is 11.9. The van der Waals surface area contributed by atoms with Crippen molar-refractivity contribution in [3.05, 3.63) is 35.4 Å². The molecule has 0 fully saturated rings. The standard InChI is InChI=1S/C15H19NO2/c1-4-18-15(17)14(10-16)13-7-5-12(6-8-13)9-11(2)3/h5-8,11,14H,4,9H2,1-3H3. The minimum absolute atomic E-state index is 0.294. The lowest BCUT2D eigenvalue weighted by atomic mass is 9.96. The minimum Gasteiger partial charge on any atom is -0.465 e. The number of benzene rings is 1. The number of carbonyl (C=O) groups is 1. The van der Waals surface area contributed by atoms with Crippen molar-refractivity contribution < 1.29 is 9.53 Å². The predicted octanol–water partition coefficient (Wildman–Crippen LogP) is 3.06. The van der Waals surface area contributed by atoms with Gasteiger partial charge in [0.15, 0.2) is 5.92 Å². The second-order valence-corrected chi connectivity index (χ2v) is 4.65. The summed E-state index contributed by atoms with van der Waals surface area (Å²) in [7, 11) is 0. The molecule has 18 heavy (non-hydrogen) atoms. The average Bonchev–Trinajstić information content (AvgIpc) is 2.32. The largest absolute Gasteiger partial charge is 0.465 e. The van der Waals surface area contributed by atoms with Gasteiger partial charge < -0.3 is 4.74 Å². The zero-order valence-electron chi connectivity index (χ0n) is 11.1. The number of nitrogens with zero attached hydrogens (tertiary/aromatic N) is 1. The molecule has 0 radical (unpaired) electrons. The lowest BCUT2D eigenvalue weighted by molar-refractivity contribution is -0.143. The van der Waals surface area contributed by atoms with E-state index in [9.17, 15) is 4.79 Å². The summed E-state index contributed by atoms with van der Waals surface area (Å²) in [4.78, 5) is 11.6. The van der Waals surface area contributed by atoms with E-state index in [-0.39, 0.29) is 0 Å². The summed E-state index contributed by atoms with van der Waals surface area (Å²) >= 11 is 0. The van der Waals surface area contributed by atoms with Crippen molar-refractivity contribution in [2.24, 2.45) is 5.92 Å². The second kappa shape index (κ2) is 6.80. The number of rotatable bonds is 5. The van der Waals surface area contributed by atoms with Gasteiger partial charge in [-0.05, 0) is 30.4 Å². The van der Waals surface area contributed by atoms with Gasteiger partial charge in [-0.25, -0.2) is 0 Å². The molecule has 0 saturated carbocycles. The molecule has 0 N–H and O–H groups in total. The SMILES string of the molecule is CCOC(=O)C(C#N)c1ccc(CC(C)C)cc1. The van der Waals surface area contributed by atoms with Gasteiger partial charge in [-0.1, -0.05) is 38.1 Å². The molecule has 0 amide bonds. The molecule has 1 atom stereocenters. The van der Waals surface area contributed by atoms with Gasteiger partial charge in [-0.15, -0.1) is 0 Å². The summed E-state index contributed by atoms with van der Waals surface area (Å²) < 4.78 is 4.88. The van der Waals surface area contributed by atoms with E-state index in [0.717, 1.165) is 6.42 Å². The van der Waals surface area contributed by atoms with Gasteiger partial charge in [0.2, 0.25) is 0 Å². The molecule has 0 heterocycles. The molecule has 0 aliphatic carbocycles. The van der Waals surface area contributed by atoms with Crippen molar-refractivity contribution in [1.29, 1.82) is 5.26 Å². The van der Waals surface area contributed by atoms with E-state index in [1.165, 1.54) is 5.56 Å². The maximum atomic E-state index is 11.6. The van der Waals surface area contributed by atoms with Crippen LogP contribution in [0, 0.1) is 17.2 Å². The van der Waals surface area contributed by atoms with Crippen molar-refractivity contribution in [1.82, 2.24) is 0 Å². The zero-order valence-corrected chi connectivity index (χ0v) is 11.1. The Labute approximate surface area is 108 Å². The van der Waals surface area contributed by atoms with Crippen molar-refractivity contribution in [3.8, 4) is 6.07 Å². The number of ether oxygens (including phenoxy) is 1. The first-order valence-electron chi connectivity index (χ1n) is 6.23. The summed E-state index contributed by atoms with van der Waals surface area (Å²) in [6, 6.07) is 9.60. The highest BCUT2D eigenvalue weighted by atomic mass is 16.5. The topological polar surface area (TPSA) is 50.1 Å².